The van der Waals surface area contributed by atoms with Gasteiger partial charge in [0.05, 0.1) is 0 Å². The van der Waals surface area contributed by atoms with Crippen molar-refractivity contribution in [3.63, 3.8) is 0 Å². The molecular formula is H3LiMnNi2O. The minimum absolute atomic E-state index is 0. The predicted molar refractivity (Wildman–Crippen MR) is 4.73 cm³/mol. The van der Waals surface area contributed by atoms with Gasteiger partial charge < -0.3 is 6.90 Å². The first-order chi connectivity index (χ1) is 0. The van der Waals surface area contributed by atoms with Crippen LogP contribution >= 0.6 is 0 Å². The van der Waals surface area contributed by atoms with Gasteiger partial charge >= 0.3 is 18.9 Å². The number of hydrogen-bond donors (Lipinski definition) is 0. The fourth-order valence-corrected chi connectivity index (χ4v) is 0. The van der Waals surface area contributed by atoms with Crippen LogP contribution in [0.15, 0.2) is 0 Å². The first-order valence-electron chi connectivity index (χ1n) is 0. The first-order valence-corrected chi connectivity index (χ1v) is 0. The molecule has 0 aliphatic heterocycles. The molecule has 37 valence electrons. The average Bonchev–Trinajstić information content (AvgIpc) is 0. The SMILES string of the molecule is O.[H-].[Li+].[Mn].[Ni].[Ni]. The largest absolute Gasteiger partial charge is 1.00 e. The van der Waals surface area contributed by atoms with Gasteiger partial charge in [-0.25, -0.2) is 0 Å². The summed E-state index contributed by atoms with van der Waals surface area (Å²) >= 11 is 0. The summed E-state index contributed by atoms with van der Waals surface area (Å²) in [5.74, 6) is 0. The molecule has 0 aromatic heterocycles. The van der Waals surface area contributed by atoms with E-state index in [9.17, 15) is 0 Å². The average molecular weight is 198 g/mol. The van der Waals surface area contributed by atoms with Crippen LogP contribution in [0.5, 0.6) is 0 Å². The molecular weight excluding hydrogens is 195 g/mol. The predicted octanol–water partition coefficient (Wildman–Crippen LogP) is -3.72. The number of hydrogen-bond acceptors (Lipinski definition) is 0. The Morgan fingerprint density at radius 2 is 1.00 bits per heavy atom. The van der Waals surface area contributed by atoms with Crippen LogP contribution in [0.2, 0.25) is 0 Å². The van der Waals surface area contributed by atoms with Gasteiger partial charge in [0.2, 0.25) is 0 Å². The fourth-order valence-electron chi connectivity index (χ4n) is 0. The zero-order chi connectivity index (χ0) is 0. The minimum Gasteiger partial charge on any atom is -1.00 e. The van der Waals surface area contributed by atoms with Crippen molar-refractivity contribution in [3.8, 4) is 0 Å². The molecule has 0 aliphatic rings. The van der Waals surface area contributed by atoms with Crippen LogP contribution < -0.4 is 18.9 Å². The third-order valence-corrected chi connectivity index (χ3v) is 0. The first kappa shape index (κ1) is 61.0. The maximum Gasteiger partial charge on any atom is 1.00 e. The van der Waals surface area contributed by atoms with Gasteiger partial charge in [0.15, 0.2) is 0 Å². The molecule has 0 aromatic rings. The smallest absolute Gasteiger partial charge is 1.00 e. The molecule has 0 spiro atoms. The summed E-state index contributed by atoms with van der Waals surface area (Å²) in [7, 11) is 0. The topological polar surface area (TPSA) is 31.5 Å². The molecule has 0 amide bonds. The van der Waals surface area contributed by atoms with E-state index in [1.165, 1.54) is 0 Å². The van der Waals surface area contributed by atoms with Gasteiger partial charge in [0.25, 0.3) is 0 Å². The molecule has 1 radical (unpaired) electrons. The molecule has 0 heterocycles. The summed E-state index contributed by atoms with van der Waals surface area (Å²) in [5.41, 5.74) is 0. The van der Waals surface area contributed by atoms with Crippen molar-refractivity contribution >= 4 is 0 Å². The van der Waals surface area contributed by atoms with Crippen LogP contribution in [0.25, 0.3) is 0 Å². The van der Waals surface area contributed by atoms with E-state index in [1.54, 1.807) is 0 Å². The number of rotatable bonds is 0. The van der Waals surface area contributed by atoms with Crippen molar-refractivity contribution in [3.05, 3.63) is 0 Å². The van der Waals surface area contributed by atoms with Crippen molar-refractivity contribution in [2.75, 3.05) is 0 Å². The summed E-state index contributed by atoms with van der Waals surface area (Å²) in [5, 5.41) is 0. The van der Waals surface area contributed by atoms with Gasteiger partial charge in [-0.1, -0.05) is 0 Å². The second-order valence-electron chi connectivity index (χ2n) is 0. The summed E-state index contributed by atoms with van der Waals surface area (Å²) in [6, 6.07) is 0. The Hall–Kier alpha value is 2.06. The second-order valence-corrected chi connectivity index (χ2v) is 0. The zero-order valence-corrected chi connectivity index (χ0v) is 5.67. The quantitative estimate of drug-likeness (QED) is 0.359. The van der Waals surface area contributed by atoms with Crippen LogP contribution in [0, 0.1) is 0 Å². The van der Waals surface area contributed by atoms with Gasteiger partial charge in [-0.3, -0.25) is 0 Å². The summed E-state index contributed by atoms with van der Waals surface area (Å²) < 4.78 is 0. The maximum atomic E-state index is 0. The Bertz CT molecular complexity index is 13.5. The van der Waals surface area contributed by atoms with E-state index in [1.807, 2.05) is 0 Å². The zero-order valence-electron chi connectivity index (χ0n) is 3.51. The van der Waals surface area contributed by atoms with Crippen molar-refractivity contribution in [1.82, 2.24) is 0 Å². The normalized spacial score (nSPS) is 0. The Balaban J connectivity index is 0. The van der Waals surface area contributed by atoms with Crippen molar-refractivity contribution < 1.29 is 75.8 Å². The molecule has 1 nitrogen and oxygen atoms in total. The Labute approximate surface area is 75.3 Å². The standard InChI is InChI=1S/Li.Mn.2Ni.H2O.H/h;;;;1H2;/q+1;;;;;-1. The van der Waals surface area contributed by atoms with Gasteiger partial charge in [0.1, 0.15) is 0 Å². The van der Waals surface area contributed by atoms with E-state index in [0.29, 0.717) is 0 Å². The molecule has 0 saturated heterocycles. The van der Waals surface area contributed by atoms with Crippen molar-refractivity contribution in [2.45, 2.75) is 0 Å². The molecule has 0 fully saturated rings. The van der Waals surface area contributed by atoms with Crippen molar-refractivity contribution in [2.24, 2.45) is 0 Å². The molecule has 5 heavy (non-hydrogen) atoms. The molecule has 0 rings (SSSR count). The maximum absolute atomic E-state index is 0. The van der Waals surface area contributed by atoms with Crippen LogP contribution in [0.1, 0.15) is 1.43 Å². The van der Waals surface area contributed by atoms with E-state index < -0.39 is 0 Å². The Morgan fingerprint density at radius 1 is 1.00 bits per heavy atom. The molecule has 0 bridgehead atoms. The molecule has 2 N–H and O–H groups in total. The van der Waals surface area contributed by atoms with Crippen molar-refractivity contribution in [1.29, 1.82) is 0 Å². The molecule has 0 aliphatic carbocycles. The molecule has 0 saturated carbocycles. The molecule has 5 heteroatoms. The van der Waals surface area contributed by atoms with Gasteiger partial charge in [-0.2, -0.15) is 0 Å². The van der Waals surface area contributed by atoms with Crippen LogP contribution in [0.4, 0.5) is 0 Å². The Morgan fingerprint density at radius 3 is 1.00 bits per heavy atom. The molecule has 0 aromatic carbocycles. The third-order valence-electron chi connectivity index (χ3n) is 0. The third kappa shape index (κ3) is 23.5. The van der Waals surface area contributed by atoms with Gasteiger partial charge in [-0.15, -0.1) is 0 Å². The van der Waals surface area contributed by atoms with Crippen LogP contribution in [-0.4, -0.2) is 5.48 Å². The second kappa shape index (κ2) is 36.5. The van der Waals surface area contributed by atoms with Gasteiger partial charge in [-0.05, 0) is 0 Å². The van der Waals surface area contributed by atoms with E-state index in [-0.39, 0.29) is 75.8 Å². The molecule has 0 atom stereocenters. The van der Waals surface area contributed by atoms with E-state index in [4.69, 9.17) is 0 Å². The monoisotopic (exact) mass is 197 g/mol. The molecule has 0 unspecified atom stereocenters. The van der Waals surface area contributed by atoms with Crippen LogP contribution in [0.3, 0.4) is 0 Å². The van der Waals surface area contributed by atoms with E-state index in [0.717, 1.165) is 0 Å². The van der Waals surface area contributed by atoms with E-state index in [2.05, 4.69) is 0 Å². The summed E-state index contributed by atoms with van der Waals surface area (Å²) in [6.45, 7) is 0. The summed E-state index contributed by atoms with van der Waals surface area (Å²) in [6.07, 6.45) is 0. The minimum atomic E-state index is 0. The summed E-state index contributed by atoms with van der Waals surface area (Å²) in [4.78, 5) is 0. The van der Waals surface area contributed by atoms with Gasteiger partial charge in [0, 0.05) is 50.1 Å². The fraction of sp³-hybridized carbons (Fsp3) is 0. The van der Waals surface area contributed by atoms with E-state index >= 15 is 0 Å². The Kier molecular flexibility index (Phi) is 445. The van der Waals surface area contributed by atoms with Crippen LogP contribution in [-0.2, 0) is 50.1 Å².